The normalized spacial score (nSPS) is 11.8. The van der Waals surface area contributed by atoms with Gasteiger partial charge in [0, 0.05) is 18.7 Å². The highest BCUT2D eigenvalue weighted by atomic mass is 35.5. The molecule has 1 amide bonds. The van der Waals surface area contributed by atoms with Crippen molar-refractivity contribution < 1.29 is 14.1 Å². The quantitative estimate of drug-likeness (QED) is 0.643. The molecule has 8 heteroatoms. The summed E-state index contributed by atoms with van der Waals surface area (Å²) in [5.74, 6) is -1.13. The highest BCUT2D eigenvalue weighted by molar-refractivity contribution is 6.31. The second-order valence-electron chi connectivity index (χ2n) is 3.80. The van der Waals surface area contributed by atoms with Gasteiger partial charge in [-0.3, -0.25) is 14.9 Å². The van der Waals surface area contributed by atoms with Crippen LogP contribution >= 0.6 is 11.6 Å². The number of amides is 1. The van der Waals surface area contributed by atoms with Gasteiger partial charge >= 0.3 is 0 Å². The first-order valence-electron chi connectivity index (χ1n) is 5.54. The molecule has 1 atom stereocenters. The van der Waals surface area contributed by atoms with E-state index < -0.39 is 16.8 Å². The van der Waals surface area contributed by atoms with Gasteiger partial charge in [-0.2, -0.15) is 0 Å². The molecule has 1 rings (SSSR count). The van der Waals surface area contributed by atoms with Crippen molar-refractivity contribution in [1.82, 2.24) is 5.32 Å². The van der Waals surface area contributed by atoms with Crippen LogP contribution in [0.2, 0.25) is 5.02 Å². The number of benzene rings is 1. The zero-order valence-electron chi connectivity index (χ0n) is 10.4. The summed E-state index contributed by atoms with van der Waals surface area (Å²) in [6, 6.07) is 1.07. The number of halogens is 2. The summed E-state index contributed by atoms with van der Waals surface area (Å²) >= 11 is 5.49. The first kappa shape index (κ1) is 15.2. The molecule has 0 aliphatic carbocycles. The van der Waals surface area contributed by atoms with Gasteiger partial charge in [0.15, 0.2) is 0 Å². The van der Waals surface area contributed by atoms with Gasteiger partial charge < -0.3 is 10.6 Å². The molecule has 1 aromatic carbocycles. The maximum absolute atomic E-state index is 13.3. The predicted octanol–water partition coefficient (Wildman–Crippen LogP) is 2.32. The summed E-state index contributed by atoms with van der Waals surface area (Å²) in [5.41, 5.74) is -0.479. The van der Waals surface area contributed by atoms with Crippen molar-refractivity contribution in [2.45, 2.75) is 19.9 Å². The molecule has 2 N–H and O–H groups in total. The van der Waals surface area contributed by atoms with Crippen molar-refractivity contribution in [2.75, 3.05) is 11.9 Å². The van der Waals surface area contributed by atoms with Gasteiger partial charge in [0.25, 0.3) is 5.69 Å². The van der Waals surface area contributed by atoms with Gasteiger partial charge in [-0.15, -0.1) is 0 Å². The maximum Gasteiger partial charge on any atom is 0.294 e. The average Bonchev–Trinajstić information content (AvgIpc) is 2.33. The number of nitro benzene ring substituents is 1. The molecule has 104 valence electrons. The minimum Gasteiger partial charge on any atom is -0.368 e. The Balaban J connectivity index is 3.03. The van der Waals surface area contributed by atoms with Crippen molar-refractivity contribution in [3.63, 3.8) is 0 Å². The highest BCUT2D eigenvalue weighted by Crippen LogP contribution is 2.30. The molecule has 0 aliphatic heterocycles. The van der Waals surface area contributed by atoms with Crippen LogP contribution in [0, 0.1) is 15.9 Å². The number of nitrogens with zero attached hydrogens (tertiary/aromatic N) is 1. The Hall–Kier alpha value is -1.89. The average molecular weight is 290 g/mol. The van der Waals surface area contributed by atoms with E-state index >= 15 is 0 Å². The molecule has 0 heterocycles. The van der Waals surface area contributed by atoms with Crippen LogP contribution in [0.5, 0.6) is 0 Å². The van der Waals surface area contributed by atoms with Gasteiger partial charge in [0.05, 0.1) is 9.95 Å². The van der Waals surface area contributed by atoms with E-state index in [1.165, 1.54) is 6.92 Å². The Morgan fingerprint density at radius 1 is 1.58 bits per heavy atom. The first-order valence-corrected chi connectivity index (χ1v) is 5.92. The molecule has 0 fully saturated rings. The van der Waals surface area contributed by atoms with Crippen molar-refractivity contribution in [3.8, 4) is 0 Å². The number of anilines is 1. The smallest absolute Gasteiger partial charge is 0.294 e. The third-order valence-electron chi connectivity index (χ3n) is 2.35. The van der Waals surface area contributed by atoms with E-state index in [0.717, 1.165) is 12.1 Å². The van der Waals surface area contributed by atoms with Crippen LogP contribution in [0.1, 0.15) is 13.8 Å². The number of hydrogen-bond acceptors (Lipinski definition) is 4. The van der Waals surface area contributed by atoms with Crippen LogP contribution in [-0.2, 0) is 4.79 Å². The van der Waals surface area contributed by atoms with Crippen molar-refractivity contribution in [2.24, 2.45) is 0 Å². The maximum atomic E-state index is 13.3. The summed E-state index contributed by atoms with van der Waals surface area (Å²) in [6.45, 7) is 3.69. The zero-order chi connectivity index (χ0) is 14.6. The third kappa shape index (κ3) is 3.78. The highest BCUT2D eigenvalue weighted by Gasteiger charge is 2.21. The van der Waals surface area contributed by atoms with Crippen LogP contribution in [0.3, 0.4) is 0 Å². The number of nitrogens with one attached hydrogen (secondary N) is 2. The lowest BCUT2D eigenvalue weighted by molar-refractivity contribution is -0.384. The Morgan fingerprint density at radius 2 is 2.21 bits per heavy atom. The molecule has 1 unspecified atom stereocenters. The van der Waals surface area contributed by atoms with E-state index in [4.69, 9.17) is 11.6 Å². The molecular formula is C11H13ClFN3O3. The third-order valence-corrected chi connectivity index (χ3v) is 2.64. The minimum atomic E-state index is -0.794. The summed E-state index contributed by atoms with van der Waals surface area (Å²) in [6.07, 6.45) is 0. The number of hydrogen-bond donors (Lipinski definition) is 2. The van der Waals surface area contributed by atoms with Crippen LogP contribution in [0.15, 0.2) is 12.1 Å². The second-order valence-corrected chi connectivity index (χ2v) is 4.21. The fraction of sp³-hybridized carbons (Fsp3) is 0.364. The number of likely N-dealkylation sites (N-methyl/N-ethyl adjacent to an activating group) is 1. The fourth-order valence-corrected chi connectivity index (χ4v) is 1.59. The van der Waals surface area contributed by atoms with Gasteiger partial charge in [-0.1, -0.05) is 11.6 Å². The molecule has 0 aromatic heterocycles. The van der Waals surface area contributed by atoms with Crippen molar-refractivity contribution in [3.05, 3.63) is 33.1 Å². The summed E-state index contributed by atoms with van der Waals surface area (Å²) in [5, 5.41) is 15.6. The summed E-state index contributed by atoms with van der Waals surface area (Å²) in [7, 11) is 0. The Labute approximate surface area is 114 Å². The van der Waals surface area contributed by atoms with E-state index in [1.54, 1.807) is 6.92 Å². The van der Waals surface area contributed by atoms with E-state index in [0.29, 0.717) is 6.54 Å². The van der Waals surface area contributed by atoms with E-state index in [1.807, 2.05) is 0 Å². The fourth-order valence-electron chi connectivity index (χ4n) is 1.43. The lowest BCUT2D eigenvalue weighted by Crippen LogP contribution is -2.37. The SMILES string of the molecule is CCNC(=O)C(C)Nc1cc(F)c(Cl)cc1[N+](=O)[O-]. The van der Waals surface area contributed by atoms with Gasteiger partial charge in [0.2, 0.25) is 5.91 Å². The Kier molecular flexibility index (Phi) is 5.05. The molecule has 0 radical (unpaired) electrons. The lowest BCUT2D eigenvalue weighted by Gasteiger charge is -2.14. The van der Waals surface area contributed by atoms with Gasteiger partial charge in [-0.05, 0) is 13.8 Å². The number of rotatable bonds is 5. The van der Waals surface area contributed by atoms with Gasteiger partial charge in [0.1, 0.15) is 17.5 Å². The van der Waals surface area contributed by atoms with Crippen LogP contribution in [0.4, 0.5) is 15.8 Å². The van der Waals surface area contributed by atoms with E-state index in [-0.39, 0.29) is 22.3 Å². The van der Waals surface area contributed by atoms with Crippen LogP contribution in [-0.4, -0.2) is 23.4 Å². The predicted molar refractivity (Wildman–Crippen MR) is 69.8 cm³/mol. The number of nitro groups is 1. The molecular weight excluding hydrogens is 277 g/mol. The second kappa shape index (κ2) is 6.33. The summed E-state index contributed by atoms with van der Waals surface area (Å²) in [4.78, 5) is 21.7. The number of carbonyl (C=O) groups is 1. The molecule has 19 heavy (non-hydrogen) atoms. The Bertz CT molecular complexity index is 510. The van der Waals surface area contributed by atoms with Crippen molar-refractivity contribution in [1.29, 1.82) is 0 Å². The van der Waals surface area contributed by atoms with Crippen LogP contribution in [0.25, 0.3) is 0 Å². The lowest BCUT2D eigenvalue weighted by atomic mass is 10.2. The summed E-state index contributed by atoms with van der Waals surface area (Å²) < 4.78 is 13.3. The Morgan fingerprint density at radius 3 is 2.74 bits per heavy atom. The molecule has 0 saturated carbocycles. The largest absolute Gasteiger partial charge is 0.368 e. The molecule has 0 saturated heterocycles. The van der Waals surface area contributed by atoms with E-state index in [9.17, 15) is 19.3 Å². The zero-order valence-corrected chi connectivity index (χ0v) is 11.1. The first-order chi connectivity index (χ1) is 8.86. The monoisotopic (exact) mass is 289 g/mol. The molecule has 6 nitrogen and oxygen atoms in total. The van der Waals surface area contributed by atoms with Gasteiger partial charge in [-0.25, -0.2) is 4.39 Å². The molecule has 0 bridgehead atoms. The number of carbonyl (C=O) groups excluding carboxylic acids is 1. The minimum absolute atomic E-state index is 0.0920. The van der Waals surface area contributed by atoms with Crippen molar-refractivity contribution >= 4 is 28.9 Å². The van der Waals surface area contributed by atoms with Crippen LogP contribution < -0.4 is 10.6 Å². The molecule has 0 aliphatic rings. The standard InChI is InChI=1S/C11H13ClFN3O3/c1-3-14-11(17)6(2)15-9-5-8(13)7(12)4-10(9)16(18)19/h4-6,15H,3H2,1-2H3,(H,14,17). The van der Waals surface area contributed by atoms with E-state index in [2.05, 4.69) is 10.6 Å². The topological polar surface area (TPSA) is 84.3 Å². The molecule has 0 spiro atoms. The molecule has 1 aromatic rings.